The molecule has 0 amide bonds. The molecular formula is C14H17ClF3N3. The van der Waals surface area contributed by atoms with Crippen LogP contribution in [0.3, 0.4) is 0 Å². The predicted molar refractivity (Wildman–Crippen MR) is 77.6 cm³/mol. The third kappa shape index (κ3) is 4.11. The van der Waals surface area contributed by atoms with Crippen molar-refractivity contribution in [1.82, 2.24) is 10.3 Å². The van der Waals surface area contributed by atoms with Gasteiger partial charge in [0, 0.05) is 25.2 Å². The quantitative estimate of drug-likeness (QED) is 0.860. The summed E-state index contributed by atoms with van der Waals surface area (Å²) in [5, 5.41) is 3.69. The van der Waals surface area contributed by atoms with Gasteiger partial charge in [0.05, 0.1) is 10.7 Å². The molecule has 0 atom stereocenters. The molecule has 0 spiro atoms. The smallest absolute Gasteiger partial charge is 0.353 e. The Hall–Kier alpha value is -1.27. The van der Waals surface area contributed by atoms with Crippen molar-refractivity contribution in [2.45, 2.75) is 26.1 Å². The van der Waals surface area contributed by atoms with E-state index in [4.69, 9.17) is 11.6 Å². The van der Waals surface area contributed by atoms with Crippen molar-refractivity contribution in [3.05, 3.63) is 34.5 Å². The van der Waals surface area contributed by atoms with Crippen molar-refractivity contribution in [3.63, 3.8) is 0 Å². The molecule has 1 aliphatic heterocycles. The lowest BCUT2D eigenvalue weighted by molar-refractivity contribution is -0.0944. The number of rotatable bonds is 4. The molecule has 0 aromatic carbocycles. The van der Waals surface area contributed by atoms with Crippen molar-refractivity contribution in [1.29, 1.82) is 0 Å². The summed E-state index contributed by atoms with van der Waals surface area (Å²) >= 11 is 6.07. The van der Waals surface area contributed by atoms with Crippen molar-refractivity contribution in [3.8, 4) is 0 Å². The number of nitrogens with one attached hydrogen (secondary N) is 1. The Kier molecular flexibility index (Phi) is 5.11. The number of aromatic nitrogens is 1. The lowest BCUT2D eigenvalue weighted by Gasteiger charge is -2.28. The van der Waals surface area contributed by atoms with E-state index in [9.17, 15) is 13.2 Å². The normalized spacial score (nSPS) is 16.0. The number of hydrogen-bond acceptors (Lipinski definition) is 3. The molecule has 1 N–H and O–H groups in total. The average Bonchev–Trinajstić information content (AvgIpc) is 2.46. The molecule has 0 radical (unpaired) electrons. The van der Waals surface area contributed by atoms with Crippen LogP contribution in [0, 0.1) is 0 Å². The second-order valence-corrected chi connectivity index (χ2v) is 5.21. The summed E-state index contributed by atoms with van der Waals surface area (Å²) in [5.41, 5.74) is 0.252. The van der Waals surface area contributed by atoms with E-state index in [1.54, 1.807) is 12.1 Å². The fourth-order valence-corrected chi connectivity index (χ4v) is 2.32. The van der Waals surface area contributed by atoms with Gasteiger partial charge in [0.15, 0.2) is 0 Å². The average molecular weight is 320 g/mol. The summed E-state index contributed by atoms with van der Waals surface area (Å²) in [4.78, 5) is 6.26. The second-order valence-electron chi connectivity index (χ2n) is 4.80. The molecule has 0 bridgehead atoms. The van der Waals surface area contributed by atoms with E-state index >= 15 is 0 Å². The minimum absolute atomic E-state index is 0.0175. The van der Waals surface area contributed by atoms with Gasteiger partial charge in [-0.1, -0.05) is 24.6 Å². The highest BCUT2D eigenvalue weighted by atomic mass is 35.5. The molecule has 116 valence electrons. The van der Waals surface area contributed by atoms with Gasteiger partial charge in [-0.25, -0.2) is 4.98 Å². The Morgan fingerprint density at radius 1 is 1.38 bits per heavy atom. The highest BCUT2D eigenvalue weighted by Gasteiger charge is 2.34. The van der Waals surface area contributed by atoms with Gasteiger partial charge in [-0.2, -0.15) is 13.2 Å². The maximum absolute atomic E-state index is 12.6. The van der Waals surface area contributed by atoms with Crippen LogP contribution in [-0.4, -0.2) is 30.8 Å². The van der Waals surface area contributed by atoms with Gasteiger partial charge in [-0.05, 0) is 25.1 Å². The van der Waals surface area contributed by atoms with Gasteiger partial charge in [0.2, 0.25) is 0 Å². The summed E-state index contributed by atoms with van der Waals surface area (Å²) < 4.78 is 37.8. The summed E-state index contributed by atoms with van der Waals surface area (Å²) in [6.45, 7) is 3.83. The lowest BCUT2D eigenvalue weighted by atomic mass is 10.1. The van der Waals surface area contributed by atoms with E-state index in [2.05, 4.69) is 10.3 Å². The Labute approximate surface area is 126 Å². The van der Waals surface area contributed by atoms with Crippen LogP contribution in [0.2, 0.25) is 5.02 Å². The van der Waals surface area contributed by atoms with Crippen molar-refractivity contribution in [2.75, 3.05) is 24.5 Å². The molecular weight excluding hydrogens is 303 g/mol. The maximum Gasteiger partial charge on any atom is 0.412 e. The first-order chi connectivity index (χ1) is 9.91. The van der Waals surface area contributed by atoms with Crippen LogP contribution in [-0.2, 0) is 6.54 Å². The third-order valence-corrected chi connectivity index (χ3v) is 3.69. The summed E-state index contributed by atoms with van der Waals surface area (Å²) in [6, 6.07) is 3.48. The van der Waals surface area contributed by atoms with Gasteiger partial charge in [0.1, 0.15) is 5.82 Å². The molecule has 0 saturated carbocycles. The van der Waals surface area contributed by atoms with Crippen LogP contribution in [0.25, 0.3) is 0 Å². The second kappa shape index (κ2) is 6.66. The molecule has 1 aromatic rings. The Bertz CT molecular complexity index is 529. The highest BCUT2D eigenvalue weighted by molar-refractivity contribution is 6.31. The molecule has 21 heavy (non-hydrogen) atoms. The van der Waals surface area contributed by atoms with Crippen molar-refractivity contribution in [2.24, 2.45) is 0 Å². The molecule has 3 nitrogen and oxygen atoms in total. The lowest BCUT2D eigenvalue weighted by Crippen LogP contribution is -2.32. The van der Waals surface area contributed by atoms with E-state index in [0.29, 0.717) is 29.6 Å². The Morgan fingerprint density at radius 3 is 2.71 bits per heavy atom. The van der Waals surface area contributed by atoms with Crippen molar-refractivity contribution < 1.29 is 13.2 Å². The number of hydrogen-bond donors (Lipinski definition) is 1. The Balaban J connectivity index is 2.11. The SMILES string of the molecule is CCNCc1nc(N2CC=C(C(F)(F)F)CC2)ccc1Cl. The van der Waals surface area contributed by atoms with Crippen LogP contribution >= 0.6 is 11.6 Å². The fourth-order valence-electron chi connectivity index (χ4n) is 2.15. The van der Waals surface area contributed by atoms with Gasteiger partial charge < -0.3 is 10.2 Å². The summed E-state index contributed by atoms with van der Waals surface area (Å²) in [6.07, 6.45) is -3.02. The van der Waals surface area contributed by atoms with Gasteiger partial charge >= 0.3 is 6.18 Å². The minimum atomic E-state index is -4.23. The van der Waals surface area contributed by atoms with E-state index in [1.807, 2.05) is 11.8 Å². The highest BCUT2D eigenvalue weighted by Crippen LogP contribution is 2.31. The number of alkyl halides is 3. The van der Waals surface area contributed by atoms with E-state index in [0.717, 1.165) is 6.54 Å². The summed E-state index contributed by atoms with van der Waals surface area (Å²) in [7, 11) is 0. The van der Waals surface area contributed by atoms with E-state index in [-0.39, 0.29) is 13.0 Å². The molecule has 0 fully saturated rings. The molecule has 0 unspecified atom stereocenters. The largest absolute Gasteiger partial charge is 0.412 e. The van der Waals surface area contributed by atoms with Crippen LogP contribution in [0.5, 0.6) is 0 Å². The molecule has 0 saturated heterocycles. The number of halogens is 4. The van der Waals surface area contributed by atoms with Crippen LogP contribution in [0.1, 0.15) is 19.0 Å². The standard InChI is InChI=1S/C14H17ClF3N3/c1-2-19-9-12-11(15)3-4-13(20-12)21-7-5-10(6-8-21)14(16,17)18/h3-5,19H,2,6-9H2,1H3. The minimum Gasteiger partial charge on any atom is -0.353 e. The molecule has 1 aromatic heterocycles. The van der Waals surface area contributed by atoms with Gasteiger partial charge in [-0.15, -0.1) is 0 Å². The van der Waals surface area contributed by atoms with E-state index < -0.39 is 11.7 Å². The van der Waals surface area contributed by atoms with Gasteiger partial charge in [0.25, 0.3) is 0 Å². The third-order valence-electron chi connectivity index (χ3n) is 3.34. The zero-order valence-electron chi connectivity index (χ0n) is 11.7. The first-order valence-corrected chi connectivity index (χ1v) is 7.17. The van der Waals surface area contributed by atoms with Crippen LogP contribution in [0.4, 0.5) is 19.0 Å². The molecule has 1 aliphatic rings. The predicted octanol–water partition coefficient (Wildman–Crippen LogP) is 3.54. The maximum atomic E-state index is 12.6. The topological polar surface area (TPSA) is 28.2 Å². The summed E-state index contributed by atoms with van der Waals surface area (Å²) in [5.74, 6) is 0.657. The Morgan fingerprint density at radius 2 is 2.14 bits per heavy atom. The molecule has 2 heterocycles. The monoisotopic (exact) mass is 319 g/mol. The zero-order chi connectivity index (χ0) is 15.5. The number of nitrogens with zero attached hydrogens (tertiary/aromatic N) is 2. The molecule has 7 heteroatoms. The van der Waals surface area contributed by atoms with Crippen LogP contribution < -0.4 is 10.2 Å². The number of anilines is 1. The van der Waals surface area contributed by atoms with Crippen molar-refractivity contribution >= 4 is 17.4 Å². The first kappa shape index (κ1) is 16.1. The first-order valence-electron chi connectivity index (χ1n) is 6.79. The van der Waals surface area contributed by atoms with E-state index in [1.165, 1.54) is 6.08 Å². The molecule has 0 aliphatic carbocycles. The number of pyridine rings is 1. The molecule has 2 rings (SSSR count). The fraction of sp³-hybridized carbons (Fsp3) is 0.500. The van der Waals surface area contributed by atoms with Crippen LogP contribution in [0.15, 0.2) is 23.8 Å². The zero-order valence-corrected chi connectivity index (χ0v) is 12.4. The van der Waals surface area contributed by atoms with Gasteiger partial charge in [-0.3, -0.25) is 0 Å².